The molecule has 3 rings (SSSR count). The van der Waals surface area contributed by atoms with Crippen LogP contribution in [0.1, 0.15) is 26.0 Å². The van der Waals surface area contributed by atoms with Crippen LogP contribution in [-0.2, 0) is 0 Å². The predicted molar refractivity (Wildman–Crippen MR) is 78.6 cm³/mol. The van der Waals surface area contributed by atoms with Crippen LogP contribution < -0.4 is 5.32 Å². The molecule has 1 N–H and O–H groups in total. The summed E-state index contributed by atoms with van der Waals surface area (Å²) in [6.07, 6.45) is 1.07. The normalized spacial score (nSPS) is 13.0. The first kappa shape index (κ1) is 12.0. The van der Waals surface area contributed by atoms with Crippen molar-refractivity contribution in [3.8, 4) is 0 Å². The van der Waals surface area contributed by atoms with Crippen molar-refractivity contribution in [1.29, 1.82) is 0 Å². The van der Waals surface area contributed by atoms with E-state index in [1.54, 1.807) is 0 Å². The number of hydrogen-bond donors (Lipinski definition) is 1. The third kappa shape index (κ3) is 2.03. The zero-order valence-electron chi connectivity index (χ0n) is 11.5. The summed E-state index contributed by atoms with van der Waals surface area (Å²) in [6, 6.07) is 10.7. The maximum absolute atomic E-state index is 4.70. The number of hydrogen-bond acceptors (Lipinski definition) is 3. The second-order valence-electron chi connectivity index (χ2n) is 4.99. The lowest BCUT2D eigenvalue weighted by molar-refractivity contribution is 0.760. The van der Waals surface area contributed by atoms with Gasteiger partial charge in [-0.1, -0.05) is 19.1 Å². The molecule has 4 heteroatoms. The van der Waals surface area contributed by atoms with Gasteiger partial charge in [0.1, 0.15) is 5.82 Å². The summed E-state index contributed by atoms with van der Waals surface area (Å²) in [7, 11) is 0. The van der Waals surface area contributed by atoms with Crippen molar-refractivity contribution in [2.24, 2.45) is 0 Å². The minimum atomic E-state index is 0.405. The molecule has 0 unspecified atom stereocenters. The second kappa shape index (κ2) is 4.53. The molecule has 0 fully saturated rings. The molecule has 0 aliphatic rings. The van der Waals surface area contributed by atoms with Gasteiger partial charge in [0.2, 0.25) is 0 Å². The van der Waals surface area contributed by atoms with E-state index in [9.17, 15) is 0 Å². The average molecular weight is 254 g/mol. The summed E-state index contributed by atoms with van der Waals surface area (Å²) in [5.74, 6) is 0.942. The molecule has 1 aromatic carbocycles. The van der Waals surface area contributed by atoms with Crippen LogP contribution in [0.25, 0.3) is 16.6 Å². The fourth-order valence-electron chi connectivity index (χ4n) is 2.22. The topological polar surface area (TPSA) is 42.2 Å². The van der Waals surface area contributed by atoms with Gasteiger partial charge in [0.05, 0.1) is 11.2 Å². The van der Waals surface area contributed by atoms with Crippen molar-refractivity contribution in [2.75, 3.05) is 5.32 Å². The first-order valence-corrected chi connectivity index (χ1v) is 6.70. The molecule has 0 radical (unpaired) electrons. The standard InChI is InChI=1S/C15H18N4/c1-4-10(2)16-15-12-7-5-6-8-13(12)19-14(17-15)9-11(3)18-19/h5-10H,4H2,1-3H3,(H,16,17)/t10-/m0/s1. The maximum atomic E-state index is 4.70. The van der Waals surface area contributed by atoms with E-state index < -0.39 is 0 Å². The van der Waals surface area contributed by atoms with Crippen LogP contribution >= 0.6 is 0 Å². The Hall–Kier alpha value is -2.10. The zero-order valence-corrected chi connectivity index (χ0v) is 11.5. The predicted octanol–water partition coefficient (Wildman–Crippen LogP) is 3.40. The number of rotatable bonds is 3. The van der Waals surface area contributed by atoms with Crippen molar-refractivity contribution >= 4 is 22.4 Å². The monoisotopic (exact) mass is 254 g/mol. The molecular weight excluding hydrogens is 236 g/mol. The average Bonchev–Trinajstić information content (AvgIpc) is 2.79. The van der Waals surface area contributed by atoms with Crippen LogP contribution in [0.15, 0.2) is 30.3 Å². The summed E-state index contributed by atoms with van der Waals surface area (Å²) < 4.78 is 1.91. The summed E-state index contributed by atoms with van der Waals surface area (Å²) in [4.78, 5) is 4.70. The largest absolute Gasteiger partial charge is 0.367 e. The summed E-state index contributed by atoms with van der Waals surface area (Å²) in [5.41, 5.74) is 2.96. The zero-order chi connectivity index (χ0) is 13.4. The molecule has 1 atom stereocenters. The van der Waals surface area contributed by atoms with Gasteiger partial charge in [-0.05, 0) is 32.4 Å². The van der Waals surface area contributed by atoms with E-state index in [1.807, 2.05) is 29.6 Å². The fourth-order valence-corrected chi connectivity index (χ4v) is 2.22. The maximum Gasteiger partial charge on any atom is 0.158 e. The quantitative estimate of drug-likeness (QED) is 0.779. The Balaban J connectivity index is 2.29. The number of fused-ring (bicyclic) bond motifs is 3. The van der Waals surface area contributed by atoms with Gasteiger partial charge in [-0.25, -0.2) is 9.50 Å². The van der Waals surface area contributed by atoms with E-state index in [1.165, 1.54) is 0 Å². The number of benzene rings is 1. The van der Waals surface area contributed by atoms with Gasteiger partial charge >= 0.3 is 0 Å². The van der Waals surface area contributed by atoms with Crippen molar-refractivity contribution in [2.45, 2.75) is 33.2 Å². The molecule has 0 aliphatic carbocycles. The Morgan fingerprint density at radius 2 is 2.11 bits per heavy atom. The van der Waals surface area contributed by atoms with Crippen LogP contribution in [0.3, 0.4) is 0 Å². The van der Waals surface area contributed by atoms with Gasteiger partial charge < -0.3 is 5.32 Å². The summed E-state index contributed by atoms with van der Waals surface area (Å²) in [6.45, 7) is 6.33. The highest BCUT2D eigenvalue weighted by Gasteiger charge is 2.10. The first-order chi connectivity index (χ1) is 9.19. The SMILES string of the molecule is CC[C@H](C)Nc1nc2cc(C)nn2c2ccccc12. The minimum Gasteiger partial charge on any atom is -0.367 e. The molecule has 3 aromatic rings. The van der Waals surface area contributed by atoms with E-state index in [0.29, 0.717) is 6.04 Å². The second-order valence-corrected chi connectivity index (χ2v) is 4.99. The van der Waals surface area contributed by atoms with Crippen LogP contribution in [0.4, 0.5) is 5.82 Å². The molecule has 2 heterocycles. The highest BCUT2D eigenvalue weighted by atomic mass is 15.3. The number of para-hydroxylation sites is 1. The molecule has 0 spiro atoms. The fraction of sp³-hybridized carbons (Fsp3) is 0.333. The minimum absolute atomic E-state index is 0.405. The van der Waals surface area contributed by atoms with Crippen LogP contribution in [-0.4, -0.2) is 20.6 Å². The van der Waals surface area contributed by atoms with Crippen LogP contribution in [0, 0.1) is 6.92 Å². The van der Waals surface area contributed by atoms with Crippen molar-refractivity contribution < 1.29 is 0 Å². The van der Waals surface area contributed by atoms with Crippen molar-refractivity contribution in [1.82, 2.24) is 14.6 Å². The van der Waals surface area contributed by atoms with Gasteiger partial charge in [-0.3, -0.25) is 0 Å². The Morgan fingerprint density at radius 3 is 2.89 bits per heavy atom. The molecule has 19 heavy (non-hydrogen) atoms. The molecule has 0 bridgehead atoms. The Labute approximate surface area is 112 Å². The number of aryl methyl sites for hydroxylation is 1. The Morgan fingerprint density at radius 1 is 1.32 bits per heavy atom. The van der Waals surface area contributed by atoms with Gasteiger partial charge in [-0.15, -0.1) is 0 Å². The number of anilines is 1. The van der Waals surface area contributed by atoms with Crippen molar-refractivity contribution in [3.63, 3.8) is 0 Å². The molecule has 2 aromatic heterocycles. The molecule has 98 valence electrons. The third-order valence-electron chi connectivity index (χ3n) is 3.42. The van der Waals surface area contributed by atoms with E-state index in [4.69, 9.17) is 4.98 Å². The number of nitrogens with zero attached hydrogens (tertiary/aromatic N) is 3. The summed E-state index contributed by atoms with van der Waals surface area (Å²) in [5, 5.41) is 9.10. The molecule has 0 saturated heterocycles. The Kier molecular flexibility index (Phi) is 2.85. The van der Waals surface area contributed by atoms with Gasteiger partial charge in [0.25, 0.3) is 0 Å². The lowest BCUT2D eigenvalue weighted by Gasteiger charge is -2.14. The number of nitrogens with one attached hydrogen (secondary N) is 1. The third-order valence-corrected chi connectivity index (χ3v) is 3.42. The van der Waals surface area contributed by atoms with Gasteiger partial charge in [-0.2, -0.15) is 5.10 Å². The molecule has 0 aliphatic heterocycles. The highest BCUT2D eigenvalue weighted by Crippen LogP contribution is 2.24. The van der Waals surface area contributed by atoms with Crippen molar-refractivity contribution in [3.05, 3.63) is 36.0 Å². The van der Waals surface area contributed by atoms with Gasteiger partial charge in [0.15, 0.2) is 5.65 Å². The molecule has 0 saturated carbocycles. The van der Waals surface area contributed by atoms with E-state index in [0.717, 1.165) is 34.5 Å². The molecular formula is C15H18N4. The van der Waals surface area contributed by atoms with E-state index >= 15 is 0 Å². The number of aromatic nitrogens is 3. The lowest BCUT2D eigenvalue weighted by Crippen LogP contribution is -2.15. The van der Waals surface area contributed by atoms with E-state index in [2.05, 4.69) is 36.4 Å². The van der Waals surface area contributed by atoms with E-state index in [-0.39, 0.29) is 0 Å². The van der Waals surface area contributed by atoms with Crippen LogP contribution in [0.5, 0.6) is 0 Å². The van der Waals surface area contributed by atoms with Crippen LogP contribution in [0.2, 0.25) is 0 Å². The smallest absolute Gasteiger partial charge is 0.158 e. The lowest BCUT2D eigenvalue weighted by atomic mass is 10.2. The Bertz CT molecular complexity index is 729. The highest BCUT2D eigenvalue weighted by molar-refractivity contribution is 5.91. The molecule has 4 nitrogen and oxygen atoms in total. The molecule has 0 amide bonds. The first-order valence-electron chi connectivity index (χ1n) is 6.70. The summed E-state index contributed by atoms with van der Waals surface area (Å²) >= 11 is 0. The van der Waals surface area contributed by atoms with Gasteiger partial charge in [0, 0.05) is 17.5 Å².